The molecule has 0 saturated carbocycles. The molecule has 1 unspecified atom stereocenters. The third kappa shape index (κ3) is 5.04. The highest BCUT2D eigenvalue weighted by Gasteiger charge is 2.47. The van der Waals surface area contributed by atoms with Gasteiger partial charge in [0.25, 0.3) is 11.7 Å². The molecule has 0 bridgehead atoms. The molecule has 3 aromatic rings. The van der Waals surface area contributed by atoms with Gasteiger partial charge in [0.05, 0.1) is 43.1 Å². The summed E-state index contributed by atoms with van der Waals surface area (Å²) in [6, 6.07) is 19.2. The van der Waals surface area contributed by atoms with E-state index in [1.165, 1.54) is 12.0 Å². The Labute approximate surface area is 221 Å². The molecule has 0 aliphatic carbocycles. The second kappa shape index (κ2) is 11.1. The number of rotatable bonds is 8. The summed E-state index contributed by atoms with van der Waals surface area (Å²) >= 11 is 0. The number of methoxy groups -OCH3 is 1. The van der Waals surface area contributed by atoms with Crippen molar-refractivity contribution in [3.05, 3.63) is 89.0 Å². The molecule has 1 N–H and O–H groups in total. The molecule has 0 aromatic heterocycles. The van der Waals surface area contributed by atoms with Gasteiger partial charge in [-0.1, -0.05) is 18.2 Å². The van der Waals surface area contributed by atoms with Crippen LogP contribution in [0.4, 0.5) is 5.69 Å². The second-order valence-corrected chi connectivity index (χ2v) is 8.87. The maximum absolute atomic E-state index is 13.5. The van der Waals surface area contributed by atoms with Crippen LogP contribution < -0.4 is 19.1 Å². The highest BCUT2D eigenvalue weighted by Crippen LogP contribution is 2.44. The van der Waals surface area contributed by atoms with Gasteiger partial charge in [-0.15, -0.1) is 0 Å². The average Bonchev–Trinajstić information content (AvgIpc) is 3.18. The van der Waals surface area contributed by atoms with Crippen molar-refractivity contribution in [2.45, 2.75) is 32.9 Å². The number of hydrogen-bond acceptors (Lipinski definition) is 7. The van der Waals surface area contributed by atoms with Crippen molar-refractivity contribution in [3.63, 3.8) is 0 Å². The minimum atomic E-state index is -0.970. The maximum atomic E-state index is 13.5. The Morgan fingerprint density at radius 1 is 1.05 bits per heavy atom. The molecule has 0 spiro atoms. The molecule has 38 heavy (non-hydrogen) atoms. The van der Waals surface area contributed by atoms with Gasteiger partial charge in [-0.25, -0.2) is 0 Å². The van der Waals surface area contributed by atoms with Crippen LogP contribution in [0, 0.1) is 11.3 Å². The van der Waals surface area contributed by atoms with Gasteiger partial charge in [0.2, 0.25) is 0 Å². The molecule has 1 amide bonds. The molecule has 1 aliphatic heterocycles. The molecule has 1 heterocycles. The molecule has 1 fully saturated rings. The lowest BCUT2D eigenvalue weighted by Crippen LogP contribution is -2.29. The van der Waals surface area contributed by atoms with Crippen LogP contribution in [0.1, 0.15) is 43.5 Å². The van der Waals surface area contributed by atoms with Crippen molar-refractivity contribution in [3.8, 4) is 23.3 Å². The van der Waals surface area contributed by atoms with E-state index in [4.69, 9.17) is 14.2 Å². The summed E-state index contributed by atoms with van der Waals surface area (Å²) in [6.45, 7) is 5.98. The van der Waals surface area contributed by atoms with E-state index in [2.05, 4.69) is 0 Å². The lowest BCUT2D eigenvalue weighted by atomic mass is 9.94. The van der Waals surface area contributed by atoms with Crippen molar-refractivity contribution < 1.29 is 28.9 Å². The monoisotopic (exact) mass is 512 g/mol. The van der Waals surface area contributed by atoms with E-state index in [-0.39, 0.29) is 17.4 Å². The largest absolute Gasteiger partial charge is 0.507 e. The van der Waals surface area contributed by atoms with Crippen LogP contribution in [0.15, 0.2) is 72.3 Å². The molecule has 194 valence electrons. The van der Waals surface area contributed by atoms with Gasteiger partial charge in [0.15, 0.2) is 11.5 Å². The Morgan fingerprint density at radius 3 is 2.42 bits per heavy atom. The number of nitrogens with zero attached hydrogens (tertiary/aromatic N) is 2. The number of aliphatic hydroxyl groups is 1. The number of anilines is 1. The van der Waals surface area contributed by atoms with Crippen LogP contribution >= 0.6 is 0 Å². The number of ether oxygens (including phenoxy) is 3. The Morgan fingerprint density at radius 2 is 1.79 bits per heavy atom. The van der Waals surface area contributed by atoms with Gasteiger partial charge in [-0.2, -0.15) is 5.26 Å². The fourth-order valence-electron chi connectivity index (χ4n) is 4.39. The lowest BCUT2D eigenvalue weighted by Gasteiger charge is -2.26. The van der Waals surface area contributed by atoms with E-state index >= 15 is 0 Å². The third-order valence-electron chi connectivity index (χ3n) is 6.00. The molecule has 4 rings (SSSR count). The summed E-state index contributed by atoms with van der Waals surface area (Å²) in [7, 11) is 1.52. The number of aliphatic hydroxyl groups excluding tert-OH is 1. The van der Waals surface area contributed by atoms with Gasteiger partial charge in [0.1, 0.15) is 11.5 Å². The summed E-state index contributed by atoms with van der Waals surface area (Å²) in [5.74, 6) is -0.516. The summed E-state index contributed by atoms with van der Waals surface area (Å²) < 4.78 is 16.9. The molecular formula is C30H28N2O6. The Bertz CT molecular complexity index is 1440. The molecule has 1 atom stereocenters. The van der Waals surface area contributed by atoms with Crippen molar-refractivity contribution in [2.24, 2.45) is 0 Å². The quantitative estimate of drug-likeness (QED) is 0.245. The number of amides is 1. The van der Waals surface area contributed by atoms with Crippen LogP contribution in [-0.4, -0.2) is 36.6 Å². The summed E-state index contributed by atoms with van der Waals surface area (Å²) in [5, 5.41) is 20.6. The van der Waals surface area contributed by atoms with Crippen molar-refractivity contribution in [2.75, 3.05) is 18.6 Å². The van der Waals surface area contributed by atoms with Gasteiger partial charge < -0.3 is 19.3 Å². The van der Waals surface area contributed by atoms with Gasteiger partial charge in [-0.3, -0.25) is 14.5 Å². The first-order valence-corrected chi connectivity index (χ1v) is 12.2. The molecule has 1 aliphatic rings. The lowest BCUT2D eigenvalue weighted by molar-refractivity contribution is -0.132. The van der Waals surface area contributed by atoms with Crippen LogP contribution in [-0.2, 0) is 9.59 Å². The fourth-order valence-corrected chi connectivity index (χ4v) is 4.39. The van der Waals surface area contributed by atoms with Crippen LogP contribution in [0.25, 0.3) is 5.76 Å². The van der Waals surface area contributed by atoms with Gasteiger partial charge in [0, 0.05) is 11.3 Å². The van der Waals surface area contributed by atoms with E-state index in [0.29, 0.717) is 46.2 Å². The Balaban J connectivity index is 1.93. The van der Waals surface area contributed by atoms with Crippen molar-refractivity contribution in [1.82, 2.24) is 0 Å². The van der Waals surface area contributed by atoms with Crippen molar-refractivity contribution >= 4 is 23.1 Å². The highest BCUT2D eigenvalue weighted by molar-refractivity contribution is 6.51. The normalized spacial score (nSPS) is 16.4. The number of nitriles is 1. The van der Waals surface area contributed by atoms with Gasteiger partial charge >= 0.3 is 0 Å². The predicted molar refractivity (Wildman–Crippen MR) is 142 cm³/mol. The summed E-state index contributed by atoms with van der Waals surface area (Å²) in [4.78, 5) is 28.2. The average molecular weight is 513 g/mol. The number of carbonyl (C=O) groups is 2. The molecular weight excluding hydrogens is 484 g/mol. The number of hydrogen-bond donors (Lipinski definition) is 1. The number of Topliss-reactive ketones (excluding diaryl/α,β-unsaturated/α-hetero) is 1. The highest BCUT2D eigenvalue weighted by atomic mass is 16.5. The molecule has 0 radical (unpaired) electrons. The van der Waals surface area contributed by atoms with Crippen LogP contribution in [0.5, 0.6) is 17.2 Å². The smallest absolute Gasteiger partial charge is 0.300 e. The van der Waals surface area contributed by atoms with Gasteiger partial charge in [-0.05, 0) is 74.9 Å². The first-order chi connectivity index (χ1) is 18.3. The fraction of sp³-hybridized carbons (Fsp3) is 0.233. The maximum Gasteiger partial charge on any atom is 0.300 e. The van der Waals surface area contributed by atoms with E-state index in [1.54, 1.807) is 66.7 Å². The predicted octanol–water partition coefficient (Wildman–Crippen LogP) is 5.38. The Kier molecular flexibility index (Phi) is 7.68. The first kappa shape index (κ1) is 26.3. The zero-order valence-electron chi connectivity index (χ0n) is 21.6. The zero-order valence-corrected chi connectivity index (χ0v) is 21.6. The zero-order chi connectivity index (χ0) is 27.4. The molecule has 1 saturated heterocycles. The molecule has 8 heteroatoms. The standard InChI is InChI=1S/C30H28N2O6/c1-5-37-25-16-20(11-14-24(25)36-4)27-26(28(33)21-7-6-8-23(15-21)38-18(2)3)29(34)30(35)32(27)22-12-9-19(17-31)10-13-22/h6-16,18,27,33H,5H2,1-4H3/b28-26-. The summed E-state index contributed by atoms with van der Waals surface area (Å²) in [5.41, 5.74) is 1.61. The minimum absolute atomic E-state index is 0.0753. The number of benzene rings is 3. The van der Waals surface area contributed by atoms with E-state index in [0.717, 1.165) is 0 Å². The van der Waals surface area contributed by atoms with Crippen LogP contribution in [0.3, 0.4) is 0 Å². The molecule has 8 nitrogen and oxygen atoms in total. The SMILES string of the molecule is CCOc1cc(C2/C(=C(/O)c3cccc(OC(C)C)c3)C(=O)C(=O)N2c2ccc(C#N)cc2)ccc1OC. The van der Waals surface area contributed by atoms with Crippen LogP contribution in [0.2, 0.25) is 0 Å². The first-order valence-electron chi connectivity index (χ1n) is 12.2. The third-order valence-corrected chi connectivity index (χ3v) is 6.00. The summed E-state index contributed by atoms with van der Waals surface area (Å²) in [6.07, 6.45) is -0.0920. The second-order valence-electron chi connectivity index (χ2n) is 8.87. The van der Waals surface area contributed by atoms with Crippen molar-refractivity contribution in [1.29, 1.82) is 5.26 Å². The Hall–Kier alpha value is -4.77. The number of ketones is 1. The molecule has 3 aromatic carbocycles. The minimum Gasteiger partial charge on any atom is -0.507 e. The van der Waals surface area contributed by atoms with E-state index < -0.39 is 17.7 Å². The van der Waals surface area contributed by atoms with E-state index in [1.807, 2.05) is 26.8 Å². The topological polar surface area (TPSA) is 109 Å². The number of carbonyl (C=O) groups excluding carboxylic acids is 2. The van der Waals surface area contributed by atoms with E-state index in [9.17, 15) is 20.0 Å².